The maximum atomic E-state index is 5.89. The van der Waals surface area contributed by atoms with Crippen LogP contribution in [0.1, 0.15) is 23.2 Å². The van der Waals surface area contributed by atoms with Crippen molar-refractivity contribution in [2.45, 2.75) is 26.8 Å². The molecule has 0 bridgehead atoms. The number of nitrogens with one attached hydrogen (secondary N) is 2. The number of oxazole rings is 1. The number of benzene rings is 1. The number of halogens is 1. The van der Waals surface area contributed by atoms with Crippen LogP contribution in [0.3, 0.4) is 0 Å². The molecule has 0 aliphatic heterocycles. The van der Waals surface area contributed by atoms with Crippen molar-refractivity contribution >= 4 is 17.6 Å². The Kier molecular flexibility index (Phi) is 6.08. The van der Waals surface area contributed by atoms with Crippen molar-refractivity contribution in [3.05, 3.63) is 52.5 Å². The molecule has 1 aromatic carbocycles. The highest BCUT2D eigenvalue weighted by atomic mass is 35.5. The molecule has 9 heteroatoms. The number of aromatic nitrogens is 3. The van der Waals surface area contributed by atoms with Gasteiger partial charge in [0, 0.05) is 30.6 Å². The molecule has 0 atom stereocenters. The van der Waals surface area contributed by atoms with E-state index in [2.05, 4.69) is 30.8 Å². The van der Waals surface area contributed by atoms with E-state index in [9.17, 15) is 0 Å². The Morgan fingerprint density at radius 2 is 1.89 bits per heavy atom. The van der Waals surface area contributed by atoms with Gasteiger partial charge in [-0.25, -0.2) is 4.98 Å². The van der Waals surface area contributed by atoms with E-state index in [4.69, 9.17) is 20.5 Å². The van der Waals surface area contributed by atoms with E-state index >= 15 is 0 Å². The molecule has 3 aromatic rings. The van der Waals surface area contributed by atoms with Crippen molar-refractivity contribution in [1.82, 2.24) is 25.8 Å². The van der Waals surface area contributed by atoms with Crippen LogP contribution in [0.5, 0.6) is 0 Å². The van der Waals surface area contributed by atoms with Gasteiger partial charge in [-0.1, -0.05) is 16.8 Å². The minimum absolute atomic E-state index is 0.454. The first kappa shape index (κ1) is 18.9. The predicted molar refractivity (Wildman–Crippen MR) is 103 cm³/mol. The first-order chi connectivity index (χ1) is 13.0. The first-order valence-corrected chi connectivity index (χ1v) is 8.89. The summed E-state index contributed by atoms with van der Waals surface area (Å²) in [5, 5.41) is 11.0. The van der Waals surface area contributed by atoms with Gasteiger partial charge in [0.05, 0.1) is 12.2 Å². The lowest BCUT2D eigenvalue weighted by Crippen LogP contribution is -2.38. The number of hydrogen-bond acceptors (Lipinski definition) is 6. The topological polar surface area (TPSA) is 101 Å². The Balaban J connectivity index is 1.47. The van der Waals surface area contributed by atoms with Crippen LogP contribution in [0.25, 0.3) is 11.4 Å². The molecule has 0 fully saturated rings. The third-order valence-electron chi connectivity index (χ3n) is 3.91. The van der Waals surface area contributed by atoms with Gasteiger partial charge in [0.1, 0.15) is 5.76 Å². The standard InChI is InChI=1S/C18H21ClN6O2/c1-11-12(2)26-16(23-11)10-22-18(20-3)21-9-8-15-24-17(25-27-15)13-4-6-14(19)7-5-13/h4-7H,8-10H2,1-3H3,(H2,20,21,22). The first-order valence-electron chi connectivity index (χ1n) is 8.51. The lowest BCUT2D eigenvalue weighted by Gasteiger charge is -2.09. The fraction of sp³-hybridized carbons (Fsp3) is 0.333. The van der Waals surface area contributed by atoms with Gasteiger partial charge in [-0.3, -0.25) is 4.99 Å². The largest absolute Gasteiger partial charge is 0.444 e. The van der Waals surface area contributed by atoms with Crippen LogP contribution in [0.4, 0.5) is 0 Å². The van der Waals surface area contributed by atoms with E-state index in [0.717, 1.165) is 17.0 Å². The molecule has 2 heterocycles. The van der Waals surface area contributed by atoms with Crippen molar-refractivity contribution in [2.75, 3.05) is 13.6 Å². The lowest BCUT2D eigenvalue weighted by atomic mass is 10.2. The normalized spacial score (nSPS) is 11.6. The van der Waals surface area contributed by atoms with Crippen molar-refractivity contribution in [2.24, 2.45) is 4.99 Å². The summed E-state index contributed by atoms with van der Waals surface area (Å²) in [6, 6.07) is 7.29. The van der Waals surface area contributed by atoms with E-state index in [1.807, 2.05) is 26.0 Å². The number of aryl methyl sites for hydroxylation is 2. The maximum Gasteiger partial charge on any atom is 0.228 e. The van der Waals surface area contributed by atoms with Crippen molar-refractivity contribution in [3.63, 3.8) is 0 Å². The Morgan fingerprint density at radius 3 is 2.56 bits per heavy atom. The minimum Gasteiger partial charge on any atom is -0.444 e. The summed E-state index contributed by atoms with van der Waals surface area (Å²) in [7, 11) is 1.70. The number of hydrogen-bond donors (Lipinski definition) is 2. The highest BCUT2D eigenvalue weighted by molar-refractivity contribution is 6.30. The number of guanidine groups is 1. The molecular weight excluding hydrogens is 368 g/mol. The minimum atomic E-state index is 0.454. The molecule has 0 saturated heterocycles. The van der Waals surface area contributed by atoms with Gasteiger partial charge in [-0.05, 0) is 38.1 Å². The van der Waals surface area contributed by atoms with Gasteiger partial charge < -0.3 is 19.6 Å². The summed E-state index contributed by atoms with van der Waals surface area (Å²) in [6.45, 7) is 4.85. The molecule has 0 amide bonds. The summed E-state index contributed by atoms with van der Waals surface area (Å²) < 4.78 is 10.8. The van der Waals surface area contributed by atoms with Crippen molar-refractivity contribution in [1.29, 1.82) is 0 Å². The second kappa shape index (κ2) is 8.68. The molecule has 0 aliphatic carbocycles. The fourth-order valence-corrected chi connectivity index (χ4v) is 2.48. The molecule has 2 aromatic heterocycles. The van der Waals surface area contributed by atoms with Crippen LogP contribution in [0, 0.1) is 13.8 Å². The Morgan fingerprint density at radius 1 is 1.11 bits per heavy atom. The van der Waals surface area contributed by atoms with Crippen LogP contribution in [-0.4, -0.2) is 34.7 Å². The summed E-state index contributed by atoms with van der Waals surface area (Å²) >= 11 is 5.89. The van der Waals surface area contributed by atoms with Crippen LogP contribution in [0.2, 0.25) is 5.02 Å². The summed E-state index contributed by atoms with van der Waals surface area (Å²) in [6.07, 6.45) is 0.568. The number of rotatable bonds is 6. The molecule has 0 saturated carbocycles. The van der Waals surface area contributed by atoms with E-state index in [0.29, 0.717) is 48.1 Å². The average molecular weight is 389 g/mol. The zero-order valence-electron chi connectivity index (χ0n) is 15.4. The van der Waals surface area contributed by atoms with Gasteiger partial charge >= 0.3 is 0 Å². The van der Waals surface area contributed by atoms with E-state index < -0.39 is 0 Å². The average Bonchev–Trinajstić information content (AvgIpc) is 3.25. The molecule has 3 rings (SSSR count). The van der Waals surface area contributed by atoms with Gasteiger partial charge in [0.15, 0.2) is 5.96 Å². The van der Waals surface area contributed by atoms with E-state index in [1.165, 1.54) is 0 Å². The lowest BCUT2D eigenvalue weighted by molar-refractivity contribution is 0.378. The second-order valence-corrected chi connectivity index (χ2v) is 6.31. The van der Waals surface area contributed by atoms with Crippen LogP contribution in [-0.2, 0) is 13.0 Å². The summed E-state index contributed by atoms with van der Waals surface area (Å²) in [5.74, 6) is 3.17. The zero-order valence-corrected chi connectivity index (χ0v) is 16.2. The quantitative estimate of drug-likeness (QED) is 0.494. The highest BCUT2D eigenvalue weighted by Crippen LogP contribution is 2.18. The van der Waals surface area contributed by atoms with Crippen LogP contribution in [0.15, 0.2) is 38.2 Å². The molecule has 2 N–H and O–H groups in total. The van der Waals surface area contributed by atoms with Gasteiger partial charge in [0.25, 0.3) is 0 Å². The van der Waals surface area contributed by atoms with Crippen LogP contribution < -0.4 is 10.6 Å². The number of nitrogens with zero attached hydrogens (tertiary/aromatic N) is 4. The summed E-state index contributed by atoms with van der Waals surface area (Å²) in [4.78, 5) is 12.9. The summed E-state index contributed by atoms with van der Waals surface area (Å²) in [5.41, 5.74) is 1.75. The van der Waals surface area contributed by atoms with Gasteiger partial charge in [-0.15, -0.1) is 0 Å². The molecule has 142 valence electrons. The zero-order chi connectivity index (χ0) is 19.2. The Labute approximate surface area is 162 Å². The Hall–Kier alpha value is -2.87. The second-order valence-electron chi connectivity index (χ2n) is 5.87. The molecule has 27 heavy (non-hydrogen) atoms. The maximum absolute atomic E-state index is 5.89. The monoisotopic (exact) mass is 388 g/mol. The van der Waals surface area contributed by atoms with Crippen molar-refractivity contribution in [3.8, 4) is 11.4 Å². The molecule has 0 spiro atoms. The molecule has 8 nitrogen and oxygen atoms in total. The number of aliphatic imine (C=N–C) groups is 1. The smallest absolute Gasteiger partial charge is 0.228 e. The molecule has 0 aliphatic rings. The van der Waals surface area contributed by atoms with Gasteiger partial charge in [0.2, 0.25) is 17.6 Å². The Bertz CT molecular complexity index is 897. The highest BCUT2D eigenvalue weighted by Gasteiger charge is 2.09. The SMILES string of the molecule is CN=C(NCCc1nc(-c2ccc(Cl)cc2)no1)NCc1nc(C)c(C)o1. The third kappa shape index (κ3) is 5.07. The predicted octanol–water partition coefficient (Wildman–Crippen LogP) is 2.90. The van der Waals surface area contributed by atoms with E-state index in [1.54, 1.807) is 19.2 Å². The molecular formula is C18H21ClN6O2. The van der Waals surface area contributed by atoms with Crippen molar-refractivity contribution < 1.29 is 8.94 Å². The van der Waals surface area contributed by atoms with Crippen LogP contribution >= 0.6 is 11.6 Å². The van der Waals surface area contributed by atoms with Gasteiger partial charge in [-0.2, -0.15) is 4.98 Å². The van der Waals surface area contributed by atoms with E-state index in [-0.39, 0.29) is 0 Å². The molecule has 0 unspecified atom stereocenters. The third-order valence-corrected chi connectivity index (χ3v) is 4.16. The fourth-order valence-electron chi connectivity index (χ4n) is 2.36. The molecule has 0 radical (unpaired) electrons.